The zero-order chi connectivity index (χ0) is 21.5. The summed E-state index contributed by atoms with van der Waals surface area (Å²) in [4.78, 5) is 14.8. The van der Waals surface area contributed by atoms with E-state index in [0.717, 1.165) is 25.2 Å². The Morgan fingerprint density at radius 1 is 1.40 bits per heavy atom. The number of carbonyl (C=O) groups is 1. The first-order valence-corrected chi connectivity index (χ1v) is 10.1. The van der Waals surface area contributed by atoms with Crippen molar-refractivity contribution in [2.45, 2.75) is 19.1 Å². The van der Waals surface area contributed by atoms with Crippen LogP contribution in [0, 0.1) is 11.3 Å². The van der Waals surface area contributed by atoms with Gasteiger partial charge in [-0.1, -0.05) is 23.7 Å². The largest absolute Gasteiger partial charge is 0.496 e. The number of anilines is 1. The Morgan fingerprint density at radius 3 is 2.87 bits per heavy atom. The number of nitrogens with two attached hydrogens (primary N) is 1. The molecule has 1 atom stereocenters. The smallest absolute Gasteiger partial charge is 0.255 e. The lowest BCUT2D eigenvalue weighted by molar-refractivity contribution is -0.0342. The molecule has 158 valence electrons. The summed E-state index contributed by atoms with van der Waals surface area (Å²) in [5.74, 6) is 0.121. The Balaban J connectivity index is 1.49. The molecule has 0 aliphatic carbocycles. The molecule has 2 aromatic rings. The number of rotatable bonds is 7. The van der Waals surface area contributed by atoms with Gasteiger partial charge in [-0.2, -0.15) is 5.26 Å². The quantitative estimate of drug-likeness (QED) is 0.657. The molecule has 0 radical (unpaired) electrons. The summed E-state index contributed by atoms with van der Waals surface area (Å²) >= 11 is 6.04. The third-order valence-electron chi connectivity index (χ3n) is 5.03. The molecule has 0 bridgehead atoms. The van der Waals surface area contributed by atoms with E-state index in [2.05, 4.69) is 16.3 Å². The number of nitrogens with one attached hydrogen (secondary N) is 1. The zero-order valence-electron chi connectivity index (χ0n) is 16.9. The van der Waals surface area contributed by atoms with Crippen LogP contribution >= 0.6 is 11.6 Å². The second kappa shape index (κ2) is 10.3. The Labute approximate surface area is 181 Å². The number of morpholine rings is 1. The molecule has 3 rings (SSSR count). The fraction of sp³-hybridized carbons (Fsp3) is 0.364. The van der Waals surface area contributed by atoms with Crippen LogP contribution in [0.15, 0.2) is 36.4 Å². The molecule has 1 unspecified atom stereocenters. The molecule has 1 heterocycles. The average molecular weight is 429 g/mol. The van der Waals surface area contributed by atoms with E-state index in [1.165, 1.54) is 13.2 Å². The van der Waals surface area contributed by atoms with Crippen LogP contribution < -0.4 is 15.8 Å². The lowest BCUT2D eigenvalue weighted by atomic mass is 10.1. The molecule has 0 spiro atoms. The standard InChI is InChI=1S/C22H25ClN4O3/c1-29-21-11-20(25)19(23)10-18(21)22(28)26-7-6-17-14-27(8-9-30-17)13-16-4-2-15(12-24)3-5-16/h2-5,10-11,17H,6-9,13-14,25H2,1H3,(H,26,28). The predicted octanol–water partition coefficient (Wildman–Crippen LogP) is 2.82. The number of nitriles is 1. The van der Waals surface area contributed by atoms with Crippen LogP contribution in [0.3, 0.4) is 0 Å². The van der Waals surface area contributed by atoms with Crippen molar-refractivity contribution >= 4 is 23.2 Å². The highest BCUT2D eigenvalue weighted by atomic mass is 35.5. The molecule has 1 amide bonds. The van der Waals surface area contributed by atoms with E-state index >= 15 is 0 Å². The van der Waals surface area contributed by atoms with Gasteiger partial charge in [-0.3, -0.25) is 9.69 Å². The molecule has 8 heteroatoms. The van der Waals surface area contributed by atoms with Crippen LogP contribution in [-0.2, 0) is 11.3 Å². The molecule has 1 aliphatic heterocycles. The van der Waals surface area contributed by atoms with E-state index in [4.69, 9.17) is 32.1 Å². The Kier molecular flexibility index (Phi) is 7.52. The summed E-state index contributed by atoms with van der Waals surface area (Å²) in [5, 5.41) is 12.1. The van der Waals surface area contributed by atoms with Crippen LogP contribution in [0.25, 0.3) is 0 Å². The van der Waals surface area contributed by atoms with Crippen LogP contribution in [0.5, 0.6) is 5.75 Å². The number of carbonyl (C=O) groups excluding carboxylic acids is 1. The van der Waals surface area contributed by atoms with Crippen LogP contribution in [0.1, 0.15) is 27.9 Å². The van der Waals surface area contributed by atoms with Crippen LogP contribution in [0.2, 0.25) is 5.02 Å². The topological polar surface area (TPSA) is 101 Å². The number of hydrogen-bond acceptors (Lipinski definition) is 6. The van der Waals surface area contributed by atoms with E-state index < -0.39 is 0 Å². The van der Waals surface area contributed by atoms with Crippen molar-refractivity contribution in [3.8, 4) is 11.8 Å². The third-order valence-corrected chi connectivity index (χ3v) is 5.35. The van der Waals surface area contributed by atoms with Crippen molar-refractivity contribution in [3.05, 3.63) is 58.1 Å². The van der Waals surface area contributed by atoms with Crippen molar-refractivity contribution in [1.29, 1.82) is 5.26 Å². The summed E-state index contributed by atoms with van der Waals surface area (Å²) in [7, 11) is 1.48. The number of amides is 1. The van der Waals surface area contributed by atoms with Gasteiger partial charge in [0, 0.05) is 32.2 Å². The minimum Gasteiger partial charge on any atom is -0.496 e. The minimum atomic E-state index is -0.265. The first kappa shape index (κ1) is 21.9. The monoisotopic (exact) mass is 428 g/mol. The van der Waals surface area contributed by atoms with Gasteiger partial charge in [0.25, 0.3) is 5.91 Å². The maximum atomic E-state index is 12.5. The van der Waals surface area contributed by atoms with E-state index in [9.17, 15) is 4.79 Å². The van der Waals surface area contributed by atoms with Crippen molar-refractivity contribution in [1.82, 2.24) is 10.2 Å². The molecule has 1 saturated heterocycles. The summed E-state index contributed by atoms with van der Waals surface area (Å²) in [6.45, 7) is 3.56. The molecule has 30 heavy (non-hydrogen) atoms. The SMILES string of the molecule is COc1cc(N)c(Cl)cc1C(=O)NCCC1CN(Cc2ccc(C#N)cc2)CCO1. The highest BCUT2D eigenvalue weighted by molar-refractivity contribution is 6.33. The van der Waals surface area contributed by atoms with Crippen molar-refractivity contribution in [2.24, 2.45) is 0 Å². The van der Waals surface area contributed by atoms with E-state index in [1.54, 1.807) is 6.07 Å². The molecule has 2 aromatic carbocycles. The zero-order valence-corrected chi connectivity index (χ0v) is 17.6. The molecule has 7 nitrogen and oxygen atoms in total. The molecule has 0 aromatic heterocycles. The van der Waals surface area contributed by atoms with Crippen LogP contribution in [-0.4, -0.2) is 50.3 Å². The second-order valence-corrected chi connectivity index (χ2v) is 7.56. The van der Waals surface area contributed by atoms with Gasteiger partial charge in [0.2, 0.25) is 0 Å². The highest BCUT2D eigenvalue weighted by Gasteiger charge is 2.21. The number of nitrogens with zero attached hydrogens (tertiary/aromatic N) is 2. The lowest BCUT2D eigenvalue weighted by Gasteiger charge is -2.33. The lowest BCUT2D eigenvalue weighted by Crippen LogP contribution is -2.43. The van der Waals surface area contributed by atoms with E-state index in [0.29, 0.717) is 47.2 Å². The Bertz CT molecular complexity index is 927. The van der Waals surface area contributed by atoms with Gasteiger partial charge in [0.15, 0.2) is 0 Å². The molecule has 1 aliphatic rings. The molecular weight excluding hydrogens is 404 g/mol. The third kappa shape index (κ3) is 5.63. The Morgan fingerprint density at radius 2 is 2.17 bits per heavy atom. The van der Waals surface area contributed by atoms with Gasteiger partial charge < -0.3 is 20.5 Å². The molecule has 3 N–H and O–H groups in total. The van der Waals surface area contributed by atoms with Gasteiger partial charge in [0.1, 0.15) is 5.75 Å². The molecular formula is C22H25ClN4O3. The summed E-state index contributed by atoms with van der Waals surface area (Å²) in [5.41, 5.74) is 8.30. The second-order valence-electron chi connectivity index (χ2n) is 7.16. The number of ether oxygens (including phenoxy) is 2. The fourth-order valence-corrected chi connectivity index (χ4v) is 3.56. The normalized spacial score (nSPS) is 16.6. The average Bonchev–Trinajstić information content (AvgIpc) is 2.76. The predicted molar refractivity (Wildman–Crippen MR) is 116 cm³/mol. The number of hydrogen-bond donors (Lipinski definition) is 2. The van der Waals surface area contributed by atoms with Gasteiger partial charge in [-0.05, 0) is 30.2 Å². The minimum absolute atomic E-state index is 0.0364. The maximum Gasteiger partial charge on any atom is 0.255 e. The van der Waals surface area contributed by atoms with Crippen molar-refractivity contribution in [2.75, 3.05) is 39.1 Å². The van der Waals surface area contributed by atoms with Gasteiger partial charge in [-0.25, -0.2) is 0 Å². The van der Waals surface area contributed by atoms with Crippen molar-refractivity contribution < 1.29 is 14.3 Å². The molecule has 0 saturated carbocycles. The van der Waals surface area contributed by atoms with Gasteiger partial charge >= 0.3 is 0 Å². The Hall–Kier alpha value is -2.79. The van der Waals surface area contributed by atoms with Gasteiger partial charge in [0.05, 0.1) is 47.7 Å². The number of methoxy groups -OCH3 is 1. The highest BCUT2D eigenvalue weighted by Crippen LogP contribution is 2.28. The first-order chi connectivity index (χ1) is 14.5. The summed E-state index contributed by atoms with van der Waals surface area (Å²) in [6, 6.07) is 12.8. The summed E-state index contributed by atoms with van der Waals surface area (Å²) in [6.07, 6.45) is 0.731. The van der Waals surface area contributed by atoms with Crippen molar-refractivity contribution in [3.63, 3.8) is 0 Å². The number of benzene rings is 2. The fourth-order valence-electron chi connectivity index (χ4n) is 3.40. The first-order valence-electron chi connectivity index (χ1n) is 9.74. The van der Waals surface area contributed by atoms with E-state index in [1.807, 2.05) is 24.3 Å². The van der Waals surface area contributed by atoms with Crippen LogP contribution in [0.4, 0.5) is 5.69 Å². The maximum absolute atomic E-state index is 12.5. The summed E-state index contributed by atoms with van der Waals surface area (Å²) < 4.78 is 11.1. The number of halogens is 1. The van der Waals surface area contributed by atoms with Gasteiger partial charge in [-0.15, -0.1) is 0 Å². The van der Waals surface area contributed by atoms with E-state index in [-0.39, 0.29) is 12.0 Å². The number of nitrogen functional groups attached to an aromatic ring is 1. The molecule has 1 fully saturated rings.